The highest BCUT2D eigenvalue weighted by atomic mass is 19.1. The van der Waals surface area contributed by atoms with Gasteiger partial charge in [-0.1, -0.05) is 19.1 Å². The number of fused-ring (bicyclic) bond motifs is 1. The molecule has 2 rings (SSSR count). The Morgan fingerprint density at radius 3 is 2.71 bits per heavy atom. The molecule has 17 heavy (non-hydrogen) atoms. The van der Waals surface area contributed by atoms with Gasteiger partial charge in [0.25, 0.3) is 0 Å². The van der Waals surface area contributed by atoms with Crippen LogP contribution in [-0.4, -0.2) is 16.2 Å². The van der Waals surface area contributed by atoms with Gasteiger partial charge in [-0.25, -0.2) is 9.18 Å². The summed E-state index contributed by atoms with van der Waals surface area (Å²) in [6.07, 6.45) is 0.460. The Morgan fingerprint density at radius 1 is 1.41 bits per heavy atom. The third-order valence-electron chi connectivity index (χ3n) is 2.79. The van der Waals surface area contributed by atoms with Crippen LogP contribution in [-0.2, 0) is 6.42 Å². The molecule has 0 saturated heterocycles. The Labute approximate surface area is 97.1 Å². The number of aromatic hydroxyl groups is 1. The number of halogens is 1. The summed E-state index contributed by atoms with van der Waals surface area (Å²) in [5.41, 5.74) is 0.549. The van der Waals surface area contributed by atoms with Gasteiger partial charge in [-0.2, -0.15) is 0 Å². The van der Waals surface area contributed by atoms with Crippen molar-refractivity contribution in [1.82, 2.24) is 0 Å². The van der Waals surface area contributed by atoms with Crippen molar-refractivity contribution in [2.75, 3.05) is 0 Å². The summed E-state index contributed by atoms with van der Waals surface area (Å²) in [6, 6.07) is 5.46. The van der Waals surface area contributed by atoms with E-state index in [1.54, 1.807) is 13.0 Å². The molecule has 0 radical (unpaired) electrons. The second kappa shape index (κ2) is 4.05. The smallest absolute Gasteiger partial charge is 0.336 e. The molecule has 0 atom stereocenters. The largest absolute Gasteiger partial charge is 0.507 e. The van der Waals surface area contributed by atoms with Gasteiger partial charge in [-0.05, 0) is 29.5 Å². The molecule has 0 spiro atoms. The molecule has 0 saturated carbocycles. The van der Waals surface area contributed by atoms with Gasteiger partial charge in [0.2, 0.25) is 0 Å². The van der Waals surface area contributed by atoms with Crippen LogP contribution in [0.4, 0.5) is 4.39 Å². The highest BCUT2D eigenvalue weighted by molar-refractivity contribution is 6.01. The summed E-state index contributed by atoms with van der Waals surface area (Å²) in [4.78, 5) is 11.1. The van der Waals surface area contributed by atoms with E-state index < -0.39 is 11.8 Å². The molecule has 4 heteroatoms. The van der Waals surface area contributed by atoms with Crippen LogP contribution in [0, 0.1) is 5.82 Å². The van der Waals surface area contributed by atoms with Crippen LogP contribution in [0.3, 0.4) is 0 Å². The maximum Gasteiger partial charge on any atom is 0.336 e. The number of carboxylic acid groups (broad SMARTS) is 1. The van der Waals surface area contributed by atoms with Gasteiger partial charge in [-0.15, -0.1) is 0 Å². The number of rotatable bonds is 2. The number of phenols is 1. The van der Waals surface area contributed by atoms with Gasteiger partial charge in [-0.3, -0.25) is 0 Å². The molecular formula is C13H11FO3. The molecule has 2 aromatic carbocycles. The third-order valence-corrected chi connectivity index (χ3v) is 2.79. The Kier molecular flexibility index (Phi) is 2.71. The van der Waals surface area contributed by atoms with Crippen LogP contribution < -0.4 is 0 Å². The number of hydrogen-bond donors (Lipinski definition) is 2. The first kappa shape index (κ1) is 11.4. The number of carbonyl (C=O) groups is 1. The van der Waals surface area contributed by atoms with E-state index in [0.29, 0.717) is 17.4 Å². The first-order chi connectivity index (χ1) is 8.06. The van der Waals surface area contributed by atoms with Crippen LogP contribution >= 0.6 is 0 Å². The Bertz CT molecular complexity index is 605. The van der Waals surface area contributed by atoms with Crippen molar-refractivity contribution in [3.8, 4) is 5.75 Å². The Balaban J connectivity index is 2.96. The number of carboxylic acids is 1. The van der Waals surface area contributed by atoms with E-state index in [1.807, 2.05) is 0 Å². The predicted molar refractivity (Wildman–Crippen MR) is 61.9 cm³/mol. The van der Waals surface area contributed by atoms with Crippen LogP contribution in [0.15, 0.2) is 24.3 Å². The molecule has 0 aromatic heterocycles. The summed E-state index contributed by atoms with van der Waals surface area (Å²) in [7, 11) is 0. The van der Waals surface area contributed by atoms with Crippen LogP contribution in [0.25, 0.3) is 10.8 Å². The van der Waals surface area contributed by atoms with Gasteiger partial charge >= 0.3 is 5.97 Å². The highest BCUT2D eigenvalue weighted by Gasteiger charge is 2.17. The monoisotopic (exact) mass is 234 g/mol. The topological polar surface area (TPSA) is 57.5 Å². The van der Waals surface area contributed by atoms with Crippen molar-refractivity contribution < 1.29 is 19.4 Å². The zero-order chi connectivity index (χ0) is 12.6. The molecule has 2 aromatic rings. The van der Waals surface area contributed by atoms with Crippen molar-refractivity contribution in [2.45, 2.75) is 13.3 Å². The number of hydrogen-bond acceptors (Lipinski definition) is 2. The second-order valence-electron chi connectivity index (χ2n) is 3.74. The van der Waals surface area contributed by atoms with Gasteiger partial charge < -0.3 is 10.2 Å². The fourth-order valence-electron chi connectivity index (χ4n) is 2.05. The minimum Gasteiger partial charge on any atom is -0.507 e. The highest BCUT2D eigenvalue weighted by Crippen LogP contribution is 2.33. The lowest BCUT2D eigenvalue weighted by atomic mass is 9.96. The summed E-state index contributed by atoms with van der Waals surface area (Å²) >= 11 is 0. The average molecular weight is 234 g/mol. The Hall–Kier alpha value is -2.10. The first-order valence-corrected chi connectivity index (χ1v) is 5.22. The summed E-state index contributed by atoms with van der Waals surface area (Å²) < 4.78 is 13.6. The van der Waals surface area contributed by atoms with E-state index >= 15 is 0 Å². The molecule has 3 nitrogen and oxygen atoms in total. The molecule has 0 bridgehead atoms. The van der Waals surface area contributed by atoms with E-state index in [9.17, 15) is 14.3 Å². The minimum absolute atomic E-state index is 0.0168. The molecular weight excluding hydrogens is 223 g/mol. The van der Waals surface area contributed by atoms with Crippen molar-refractivity contribution in [3.63, 3.8) is 0 Å². The summed E-state index contributed by atoms with van der Waals surface area (Å²) in [5, 5.41) is 19.3. The molecule has 0 fully saturated rings. The number of aryl methyl sites for hydroxylation is 1. The standard InChI is InChI=1S/C13H11FO3/c1-2-7-8-4-3-5-10(14)12(8)11(15)6-9(7)13(16)17/h3-6,15H,2H2,1H3,(H,16,17). The number of phenolic OH excluding ortho intramolecular Hbond substituents is 1. The van der Waals surface area contributed by atoms with Gasteiger partial charge in [0, 0.05) is 0 Å². The molecule has 0 aliphatic rings. The van der Waals surface area contributed by atoms with Crippen molar-refractivity contribution >= 4 is 16.7 Å². The van der Waals surface area contributed by atoms with Crippen LogP contribution in [0.1, 0.15) is 22.8 Å². The number of benzene rings is 2. The van der Waals surface area contributed by atoms with Crippen molar-refractivity contribution in [1.29, 1.82) is 0 Å². The SMILES string of the molecule is CCc1c(C(=O)O)cc(O)c2c(F)cccc12. The molecule has 88 valence electrons. The van der Waals surface area contributed by atoms with E-state index in [-0.39, 0.29) is 16.7 Å². The van der Waals surface area contributed by atoms with E-state index in [1.165, 1.54) is 12.1 Å². The molecule has 0 unspecified atom stereocenters. The first-order valence-electron chi connectivity index (χ1n) is 5.22. The molecule has 0 aliphatic carbocycles. The maximum absolute atomic E-state index is 13.6. The van der Waals surface area contributed by atoms with E-state index in [0.717, 1.165) is 6.07 Å². The summed E-state index contributed by atoms with van der Waals surface area (Å²) in [5.74, 6) is -2.01. The van der Waals surface area contributed by atoms with Crippen LogP contribution in [0.2, 0.25) is 0 Å². The second-order valence-corrected chi connectivity index (χ2v) is 3.74. The zero-order valence-corrected chi connectivity index (χ0v) is 9.20. The maximum atomic E-state index is 13.6. The quantitative estimate of drug-likeness (QED) is 0.839. The molecule has 2 N–H and O–H groups in total. The third kappa shape index (κ3) is 1.71. The fourth-order valence-corrected chi connectivity index (χ4v) is 2.05. The number of aromatic carboxylic acids is 1. The van der Waals surface area contributed by atoms with Crippen molar-refractivity contribution in [3.05, 3.63) is 41.2 Å². The van der Waals surface area contributed by atoms with Gasteiger partial charge in [0.1, 0.15) is 11.6 Å². The fraction of sp³-hybridized carbons (Fsp3) is 0.154. The lowest BCUT2D eigenvalue weighted by Gasteiger charge is -2.10. The average Bonchev–Trinajstić information content (AvgIpc) is 2.28. The van der Waals surface area contributed by atoms with E-state index in [4.69, 9.17) is 5.11 Å². The van der Waals surface area contributed by atoms with E-state index in [2.05, 4.69) is 0 Å². The molecule has 0 aliphatic heterocycles. The lowest BCUT2D eigenvalue weighted by Crippen LogP contribution is -2.03. The zero-order valence-electron chi connectivity index (χ0n) is 9.20. The van der Waals surface area contributed by atoms with Crippen molar-refractivity contribution in [2.24, 2.45) is 0 Å². The lowest BCUT2D eigenvalue weighted by molar-refractivity contribution is 0.0695. The van der Waals surface area contributed by atoms with Crippen LogP contribution in [0.5, 0.6) is 5.75 Å². The molecule has 0 heterocycles. The van der Waals surface area contributed by atoms with Gasteiger partial charge in [0.05, 0.1) is 10.9 Å². The predicted octanol–water partition coefficient (Wildman–Crippen LogP) is 2.95. The normalized spacial score (nSPS) is 10.7. The Morgan fingerprint density at radius 2 is 2.12 bits per heavy atom. The molecule has 0 amide bonds. The van der Waals surface area contributed by atoms with Gasteiger partial charge in [0.15, 0.2) is 0 Å². The summed E-state index contributed by atoms with van der Waals surface area (Å²) in [6.45, 7) is 1.79. The minimum atomic E-state index is -1.12.